The van der Waals surface area contributed by atoms with Crippen molar-refractivity contribution in [3.8, 4) is 0 Å². The van der Waals surface area contributed by atoms with Gasteiger partial charge in [0.1, 0.15) is 5.82 Å². The second-order valence-corrected chi connectivity index (χ2v) is 6.05. The van der Waals surface area contributed by atoms with E-state index in [-0.39, 0.29) is 30.2 Å². The zero-order chi connectivity index (χ0) is 16.1. The van der Waals surface area contributed by atoms with E-state index in [9.17, 15) is 9.18 Å². The smallest absolute Gasteiger partial charge is 0.224 e. The molecule has 1 atom stereocenters. The lowest BCUT2D eigenvalue weighted by atomic mass is 10.0. The topological polar surface area (TPSA) is 44.8 Å². The Morgan fingerprint density at radius 3 is 2.83 bits per heavy atom. The molecule has 134 valence electrons. The third kappa shape index (κ3) is 4.89. The number of amides is 1. The van der Waals surface area contributed by atoms with E-state index in [4.69, 9.17) is 4.74 Å². The van der Waals surface area contributed by atoms with Crippen LogP contribution in [-0.2, 0) is 9.53 Å². The first kappa shape index (κ1) is 19.1. The van der Waals surface area contributed by atoms with Gasteiger partial charge in [-0.25, -0.2) is 4.39 Å². The normalized spacial score (nSPS) is 22.0. The molecule has 2 aliphatic heterocycles. The summed E-state index contributed by atoms with van der Waals surface area (Å²) >= 11 is 0. The number of rotatable bonds is 4. The summed E-state index contributed by atoms with van der Waals surface area (Å²) in [5.74, 6) is -0.0257. The highest BCUT2D eigenvalue weighted by atomic mass is 35.5. The molecule has 0 spiro atoms. The molecule has 2 aliphatic rings. The van der Waals surface area contributed by atoms with Gasteiger partial charge in [0, 0.05) is 51.7 Å². The number of nitrogens with zero attached hydrogens (tertiary/aromatic N) is 2. The summed E-state index contributed by atoms with van der Waals surface area (Å²) in [6.07, 6.45) is 0.506. The molecule has 1 unspecified atom stereocenters. The summed E-state index contributed by atoms with van der Waals surface area (Å²) in [6, 6.07) is 6.88. The largest absolute Gasteiger partial charge is 0.378 e. The Kier molecular flexibility index (Phi) is 7.42. The lowest BCUT2D eigenvalue weighted by Crippen LogP contribution is -2.48. The van der Waals surface area contributed by atoms with E-state index in [1.807, 2.05) is 11.0 Å². The van der Waals surface area contributed by atoms with Crippen LogP contribution in [0.25, 0.3) is 0 Å². The summed E-state index contributed by atoms with van der Waals surface area (Å²) in [4.78, 5) is 16.5. The number of nitrogens with one attached hydrogen (secondary N) is 1. The van der Waals surface area contributed by atoms with E-state index in [1.165, 1.54) is 6.07 Å². The number of halogens is 2. The first-order valence-corrected chi connectivity index (χ1v) is 8.30. The Labute approximate surface area is 148 Å². The lowest BCUT2D eigenvalue weighted by molar-refractivity contribution is -0.135. The van der Waals surface area contributed by atoms with Gasteiger partial charge in [-0.3, -0.25) is 9.69 Å². The van der Waals surface area contributed by atoms with Crippen LogP contribution in [0, 0.1) is 5.82 Å². The number of hydrogen-bond donors (Lipinski definition) is 1. The molecular formula is C17H25ClFN3O2. The summed E-state index contributed by atoms with van der Waals surface area (Å²) in [6.45, 7) is 5.90. The number of morpholine rings is 1. The van der Waals surface area contributed by atoms with Crippen molar-refractivity contribution in [3.63, 3.8) is 0 Å². The maximum Gasteiger partial charge on any atom is 0.224 e. The quantitative estimate of drug-likeness (QED) is 0.885. The van der Waals surface area contributed by atoms with Crippen molar-refractivity contribution in [2.24, 2.45) is 0 Å². The highest BCUT2D eigenvalue weighted by Gasteiger charge is 2.25. The van der Waals surface area contributed by atoms with Gasteiger partial charge in [-0.1, -0.05) is 12.1 Å². The average Bonchev–Trinajstić information content (AvgIpc) is 2.60. The fourth-order valence-electron chi connectivity index (χ4n) is 3.27. The molecule has 2 saturated heterocycles. The third-order valence-corrected chi connectivity index (χ3v) is 4.56. The predicted octanol–water partition coefficient (Wildman–Crippen LogP) is 1.44. The number of ether oxygens (including phenoxy) is 1. The van der Waals surface area contributed by atoms with Crippen molar-refractivity contribution in [3.05, 3.63) is 35.6 Å². The first-order valence-electron chi connectivity index (χ1n) is 8.30. The molecular weight excluding hydrogens is 333 g/mol. The van der Waals surface area contributed by atoms with Crippen LogP contribution in [0.15, 0.2) is 24.3 Å². The molecule has 0 aromatic heterocycles. The summed E-state index contributed by atoms with van der Waals surface area (Å²) in [5.41, 5.74) is 0.969. The maximum atomic E-state index is 13.5. The Hall–Kier alpha value is -1.21. The van der Waals surface area contributed by atoms with Crippen LogP contribution in [0.1, 0.15) is 18.0 Å². The van der Waals surface area contributed by atoms with Gasteiger partial charge >= 0.3 is 0 Å². The molecule has 2 heterocycles. The highest BCUT2D eigenvalue weighted by molar-refractivity contribution is 5.85. The van der Waals surface area contributed by atoms with E-state index in [1.54, 1.807) is 12.1 Å². The maximum absolute atomic E-state index is 13.5. The van der Waals surface area contributed by atoms with Gasteiger partial charge in [0.2, 0.25) is 5.91 Å². The van der Waals surface area contributed by atoms with Crippen molar-refractivity contribution in [2.45, 2.75) is 12.5 Å². The van der Waals surface area contributed by atoms with Gasteiger partial charge in [0.05, 0.1) is 13.2 Å². The average molecular weight is 358 g/mol. The lowest BCUT2D eigenvalue weighted by Gasteiger charge is -2.37. The molecule has 1 N–H and O–H groups in total. The molecule has 0 aliphatic carbocycles. The Morgan fingerprint density at radius 1 is 1.29 bits per heavy atom. The molecule has 5 nitrogen and oxygen atoms in total. The second kappa shape index (κ2) is 9.32. The van der Waals surface area contributed by atoms with E-state index >= 15 is 0 Å². The zero-order valence-corrected chi connectivity index (χ0v) is 14.6. The van der Waals surface area contributed by atoms with Gasteiger partial charge in [-0.15, -0.1) is 12.4 Å². The highest BCUT2D eigenvalue weighted by Crippen LogP contribution is 2.23. The molecule has 24 heavy (non-hydrogen) atoms. The third-order valence-electron chi connectivity index (χ3n) is 4.56. The van der Waals surface area contributed by atoms with Gasteiger partial charge in [-0.05, 0) is 17.7 Å². The fourth-order valence-corrected chi connectivity index (χ4v) is 3.27. The standard InChI is InChI=1S/C17H24FN3O2.ClH/c18-15-3-1-2-14(12-15)16-13-19-5-7-20(16)6-4-17(22)21-8-10-23-11-9-21;/h1-3,12,16,19H,4-11,13H2;1H. The molecule has 0 radical (unpaired) electrons. The predicted molar refractivity (Wildman–Crippen MR) is 92.8 cm³/mol. The molecule has 0 bridgehead atoms. The minimum absolute atomic E-state index is 0. The van der Waals surface area contributed by atoms with Gasteiger partial charge in [-0.2, -0.15) is 0 Å². The first-order chi connectivity index (χ1) is 11.2. The number of benzene rings is 1. The van der Waals surface area contributed by atoms with Crippen LogP contribution >= 0.6 is 12.4 Å². The van der Waals surface area contributed by atoms with Crippen molar-refractivity contribution >= 4 is 18.3 Å². The number of carbonyl (C=O) groups is 1. The SMILES string of the molecule is Cl.O=C(CCN1CCNCC1c1cccc(F)c1)N1CCOCC1. The Balaban J connectivity index is 0.00000208. The van der Waals surface area contributed by atoms with Crippen molar-refractivity contribution in [2.75, 3.05) is 52.5 Å². The molecule has 3 rings (SSSR count). The van der Waals surface area contributed by atoms with Gasteiger partial charge in [0.15, 0.2) is 0 Å². The minimum atomic E-state index is -0.211. The number of hydrogen-bond acceptors (Lipinski definition) is 4. The van der Waals surface area contributed by atoms with E-state index in [0.29, 0.717) is 39.3 Å². The monoisotopic (exact) mass is 357 g/mol. The van der Waals surface area contributed by atoms with Crippen molar-refractivity contribution < 1.29 is 13.9 Å². The molecule has 7 heteroatoms. The van der Waals surface area contributed by atoms with Gasteiger partial charge < -0.3 is 15.0 Å². The Morgan fingerprint density at radius 2 is 2.08 bits per heavy atom. The summed E-state index contributed by atoms with van der Waals surface area (Å²) in [5, 5.41) is 3.36. The van der Waals surface area contributed by atoms with Crippen molar-refractivity contribution in [1.82, 2.24) is 15.1 Å². The van der Waals surface area contributed by atoms with E-state index < -0.39 is 0 Å². The molecule has 1 aromatic rings. The summed E-state index contributed by atoms with van der Waals surface area (Å²) < 4.78 is 18.8. The van der Waals surface area contributed by atoms with Crippen LogP contribution in [0.3, 0.4) is 0 Å². The fraction of sp³-hybridized carbons (Fsp3) is 0.588. The van der Waals surface area contributed by atoms with Crippen LogP contribution < -0.4 is 5.32 Å². The summed E-state index contributed by atoms with van der Waals surface area (Å²) in [7, 11) is 0. The minimum Gasteiger partial charge on any atom is -0.378 e. The van der Waals surface area contributed by atoms with Crippen molar-refractivity contribution in [1.29, 1.82) is 0 Å². The van der Waals surface area contributed by atoms with Gasteiger partial charge in [0.25, 0.3) is 0 Å². The van der Waals surface area contributed by atoms with E-state index in [2.05, 4.69) is 10.2 Å². The van der Waals surface area contributed by atoms with E-state index in [0.717, 1.165) is 25.2 Å². The number of piperazine rings is 1. The molecule has 2 fully saturated rings. The molecule has 1 aromatic carbocycles. The Bertz CT molecular complexity index is 540. The van der Waals surface area contributed by atoms with Crippen LogP contribution in [0.2, 0.25) is 0 Å². The molecule has 0 saturated carbocycles. The second-order valence-electron chi connectivity index (χ2n) is 6.05. The number of carbonyl (C=O) groups excluding carboxylic acids is 1. The molecule has 1 amide bonds. The van der Waals surface area contributed by atoms with Crippen LogP contribution in [0.4, 0.5) is 4.39 Å². The van der Waals surface area contributed by atoms with Crippen LogP contribution in [-0.4, -0.2) is 68.2 Å². The zero-order valence-electron chi connectivity index (χ0n) is 13.7. The van der Waals surface area contributed by atoms with Crippen LogP contribution in [0.5, 0.6) is 0 Å².